The van der Waals surface area contributed by atoms with Crippen LogP contribution in [0.1, 0.15) is 18.2 Å². The summed E-state index contributed by atoms with van der Waals surface area (Å²) in [6.45, 7) is 8.81. The summed E-state index contributed by atoms with van der Waals surface area (Å²) in [6.07, 6.45) is 4.16. The fourth-order valence-corrected chi connectivity index (χ4v) is 4.10. The van der Waals surface area contributed by atoms with Gasteiger partial charge in [-0.3, -0.25) is 4.98 Å². The molecule has 29 heavy (non-hydrogen) atoms. The van der Waals surface area contributed by atoms with Crippen LogP contribution >= 0.6 is 15.9 Å². The summed E-state index contributed by atoms with van der Waals surface area (Å²) >= 11 is 3.59. The Labute approximate surface area is 181 Å². The molecule has 6 nitrogen and oxygen atoms in total. The zero-order chi connectivity index (χ0) is 20.9. The predicted octanol–water partition coefficient (Wildman–Crippen LogP) is 4.98. The van der Waals surface area contributed by atoms with Gasteiger partial charge in [0.25, 0.3) is 0 Å². The molecule has 3 aromatic heterocycles. The van der Waals surface area contributed by atoms with Gasteiger partial charge in [0.1, 0.15) is 18.5 Å². The third-order valence-electron chi connectivity index (χ3n) is 4.59. The number of nitrogens with zero attached hydrogens (tertiary/aromatic N) is 3. The van der Waals surface area contributed by atoms with Crippen LogP contribution in [-0.2, 0) is 11.5 Å². The van der Waals surface area contributed by atoms with E-state index in [1.807, 2.05) is 41.1 Å². The first-order valence-corrected chi connectivity index (χ1v) is 14.4. The second-order valence-electron chi connectivity index (χ2n) is 8.26. The van der Waals surface area contributed by atoms with Crippen molar-refractivity contribution >= 4 is 35.0 Å². The van der Waals surface area contributed by atoms with Gasteiger partial charge < -0.3 is 19.8 Å². The van der Waals surface area contributed by atoms with Gasteiger partial charge >= 0.3 is 0 Å². The molecule has 0 spiro atoms. The minimum atomic E-state index is -1.10. The second kappa shape index (κ2) is 9.84. The van der Waals surface area contributed by atoms with Crippen molar-refractivity contribution in [2.45, 2.75) is 44.9 Å². The number of pyridine rings is 2. The van der Waals surface area contributed by atoms with E-state index in [1.165, 1.54) is 0 Å². The van der Waals surface area contributed by atoms with E-state index in [1.54, 1.807) is 6.20 Å². The first kappa shape index (κ1) is 22.0. The smallest absolute Gasteiger partial charge is 0.230 e. The maximum atomic E-state index is 6.23. The molecule has 156 valence electrons. The molecule has 0 radical (unpaired) electrons. The highest BCUT2D eigenvalue weighted by atomic mass is 79.9. The summed E-state index contributed by atoms with van der Waals surface area (Å²) in [6, 6.07) is 11.0. The zero-order valence-electron chi connectivity index (χ0n) is 17.3. The lowest BCUT2D eigenvalue weighted by molar-refractivity contribution is 0.0897. The lowest BCUT2D eigenvalue weighted by Crippen LogP contribution is -2.22. The normalized spacial score (nSPS) is 13.0. The van der Waals surface area contributed by atoms with E-state index in [-0.39, 0.29) is 6.10 Å². The lowest BCUT2D eigenvalue weighted by Gasteiger charge is -2.18. The van der Waals surface area contributed by atoms with Gasteiger partial charge in [0.05, 0.1) is 10.2 Å². The number of halogens is 1. The van der Waals surface area contributed by atoms with Crippen LogP contribution in [0.4, 0.5) is 0 Å². The number of rotatable bonds is 10. The van der Waals surface area contributed by atoms with Crippen molar-refractivity contribution in [3.05, 3.63) is 52.9 Å². The molecule has 3 rings (SSSR count). The summed E-state index contributed by atoms with van der Waals surface area (Å²) in [4.78, 5) is 9.18. The van der Waals surface area contributed by atoms with Crippen LogP contribution in [0.15, 0.2) is 47.2 Å². The Bertz CT molecular complexity index is 928. The molecule has 0 saturated carbocycles. The Morgan fingerprint density at radius 3 is 2.76 bits per heavy atom. The van der Waals surface area contributed by atoms with Gasteiger partial charge in [-0.15, -0.1) is 0 Å². The zero-order valence-corrected chi connectivity index (χ0v) is 19.9. The minimum absolute atomic E-state index is 0.251. The van der Waals surface area contributed by atoms with Crippen LogP contribution in [-0.4, -0.2) is 35.8 Å². The van der Waals surface area contributed by atoms with Crippen LogP contribution in [0, 0.1) is 0 Å². The molecule has 0 aliphatic carbocycles. The SMILES string of the molecule is C[Si](C)(C)CCOCn1ccc2cc(Br)c(OC(CCN)c3ccccn3)nc21. The molecule has 8 heteroatoms. The Morgan fingerprint density at radius 2 is 2.07 bits per heavy atom. The van der Waals surface area contributed by atoms with Crippen molar-refractivity contribution in [1.29, 1.82) is 0 Å². The van der Waals surface area contributed by atoms with E-state index < -0.39 is 8.07 Å². The van der Waals surface area contributed by atoms with Crippen molar-refractivity contribution in [1.82, 2.24) is 14.5 Å². The van der Waals surface area contributed by atoms with Crippen molar-refractivity contribution in [2.75, 3.05) is 13.2 Å². The largest absolute Gasteiger partial charge is 0.467 e. The quantitative estimate of drug-likeness (QED) is 0.330. The third kappa shape index (κ3) is 6.12. The van der Waals surface area contributed by atoms with E-state index in [4.69, 9.17) is 20.2 Å². The van der Waals surface area contributed by atoms with E-state index in [0.29, 0.717) is 25.6 Å². The maximum absolute atomic E-state index is 6.23. The number of aromatic nitrogens is 3. The number of hydrogen-bond donors (Lipinski definition) is 1. The summed E-state index contributed by atoms with van der Waals surface area (Å²) in [5, 5.41) is 1.03. The minimum Gasteiger partial charge on any atom is -0.467 e. The van der Waals surface area contributed by atoms with Gasteiger partial charge in [0, 0.05) is 38.9 Å². The first-order chi connectivity index (χ1) is 13.9. The maximum Gasteiger partial charge on any atom is 0.230 e. The molecule has 0 aliphatic rings. The highest BCUT2D eigenvalue weighted by molar-refractivity contribution is 9.10. The van der Waals surface area contributed by atoms with Crippen LogP contribution in [0.25, 0.3) is 11.0 Å². The molecule has 0 aliphatic heterocycles. The topological polar surface area (TPSA) is 75.2 Å². The fraction of sp³-hybridized carbons (Fsp3) is 0.429. The first-order valence-electron chi connectivity index (χ1n) is 9.88. The predicted molar refractivity (Wildman–Crippen MR) is 123 cm³/mol. The highest BCUT2D eigenvalue weighted by Gasteiger charge is 2.18. The van der Waals surface area contributed by atoms with Gasteiger partial charge in [0.15, 0.2) is 0 Å². The molecule has 1 unspecified atom stereocenters. The van der Waals surface area contributed by atoms with Crippen LogP contribution < -0.4 is 10.5 Å². The molecule has 3 heterocycles. The highest BCUT2D eigenvalue weighted by Crippen LogP contribution is 2.31. The van der Waals surface area contributed by atoms with Crippen LogP contribution in [0.5, 0.6) is 5.88 Å². The van der Waals surface area contributed by atoms with Gasteiger partial charge in [-0.05, 0) is 52.8 Å². The second-order valence-corrected chi connectivity index (χ2v) is 14.7. The van der Waals surface area contributed by atoms with Crippen molar-refractivity contribution in [3.8, 4) is 5.88 Å². The summed E-state index contributed by atoms with van der Waals surface area (Å²) in [5.74, 6) is 0.531. The van der Waals surface area contributed by atoms with E-state index in [0.717, 1.165) is 33.9 Å². The molecule has 0 amide bonds. The van der Waals surface area contributed by atoms with Crippen molar-refractivity contribution in [2.24, 2.45) is 5.73 Å². The van der Waals surface area contributed by atoms with Crippen molar-refractivity contribution < 1.29 is 9.47 Å². The van der Waals surface area contributed by atoms with Gasteiger partial charge in [-0.25, -0.2) is 0 Å². The van der Waals surface area contributed by atoms with Gasteiger partial charge in [-0.2, -0.15) is 4.98 Å². The molecule has 0 aromatic carbocycles. The molecule has 0 bridgehead atoms. The molecular formula is C21H29BrN4O2Si. The number of hydrogen-bond acceptors (Lipinski definition) is 5. The number of ether oxygens (including phenoxy) is 2. The molecule has 2 N–H and O–H groups in total. The number of fused-ring (bicyclic) bond motifs is 1. The fourth-order valence-electron chi connectivity index (χ4n) is 2.92. The average molecular weight is 477 g/mol. The Hall–Kier alpha value is -1.74. The Balaban J connectivity index is 1.78. The third-order valence-corrected chi connectivity index (χ3v) is 6.86. The molecule has 3 aromatic rings. The molecule has 1 atom stereocenters. The lowest BCUT2D eigenvalue weighted by atomic mass is 10.1. The van der Waals surface area contributed by atoms with Crippen LogP contribution in [0.2, 0.25) is 25.7 Å². The standard InChI is InChI=1S/C21H29BrN4O2Si/c1-29(2,3)13-12-27-15-26-11-8-16-14-17(22)21(25-20(16)26)28-19(7-9-23)18-6-4-5-10-24-18/h4-6,8,10-11,14,19H,7,9,12-13,15,23H2,1-3H3. The summed E-state index contributed by atoms with van der Waals surface area (Å²) in [7, 11) is -1.10. The van der Waals surface area contributed by atoms with E-state index in [9.17, 15) is 0 Å². The van der Waals surface area contributed by atoms with Crippen LogP contribution in [0.3, 0.4) is 0 Å². The molecule has 0 fully saturated rings. The molecule has 0 saturated heterocycles. The average Bonchev–Trinajstić information content (AvgIpc) is 3.06. The van der Waals surface area contributed by atoms with E-state index in [2.05, 4.69) is 40.6 Å². The molecular weight excluding hydrogens is 448 g/mol. The Morgan fingerprint density at radius 1 is 1.24 bits per heavy atom. The summed E-state index contributed by atoms with van der Waals surface area (Å²) < 4.78 is 14.9. The van der Waals surface area contributed by atoms with Gasteiger partial charge in [0.2, 0.25) is 5.88 Å². The van der Waals surface area contributed by atoms with Crippen molar-refractivity contribution in [3.63, 3.8) is 0 Å². The van der Waals surface area contributed by atoms with E-state index >= 15 is 0 Å². The summed E-state index contributed by atoms with van der Waals surface area (Å²) in [5.41, 5.74) is 7.48. The monoisotopic (exact) mass is 476 g/mol. The Kier molecular flexibility index (Phi) is 7.45. The van der Waals surface area contributed by atoms with Gasteiger partial charge in [-0.1, -0.05) is 25.7 Å². The number of nitrogens with two attached hydrogens (primary N) is 1.